The van der Waals surface area contributed by atoms with Crippen LogP contribution in [0.2, 0.25) is 10.0 Å². The minimum absolute atomic E-state index is 0.245. The van der Waals surface area contributed by atoms with E-state index in [0.717, 1.165) is 42.7 Å². The molecule has 0 spiro atoms. The lowest BCUT2D eigenvalue weighted by molar-refractivity contribution is 0.339. The molecule has 0 heterocycles. The fraction of sp³-hybridized carbons (Fsp3) is 0.533. The van der Waals surface area contributed by atoms with E-state index in [-0.39, 0.29) is 5.41 Å². The van der Waals surface area contributed by atoms with Gasteiger partial charge in [0, 0.05) is 10.0 Å². The van der Waals surface area contributed by atoms with E-state index >= 15 is 0 Å². The minimum atomic E-state index is -0.245. The third kappa shape index (κ3) is 3.19. The van der Waals surface area contributed by atoms with Gasteiger partial charge in [0.1, 0.15) is 0 Å². The SMILES string of the molecule is N#CC1(Cc2cc(Cl)ccc2Cl)CCCCCC1. The average Bonchev–Trinajstić information content (AvgIpc) is 2.60. The quantitative estimate of drug-likeness (QED) is 0.666. The van der Waals surface area contributed by atoms with E-state index in [1.165, 1.54) is 12.8 Å². The van der Waals surface area contributed by atoms with Gasteiger partial charge in [-0.2, -0.15) is 5.26 Å². The Morgan fingerprint density at radius 2 is 1.78 bits per heavy atom. The Hall–Kier alpha value is -0.710. The highest BCUT2D eigenvalue weighted by molar-refractivity contribution is 6.33. The summed E-state index contributed by atoms with van der Waals surface area (Å²) in [5.41, 5.74) is 0.762. The van der Waals surface area contributed by atoms with Gasteiger partial charge in [0.05, 0.1) is 11.5 Å². The summed E-state index contributed by atoms with van der Waals surface area (Å²) >= 11 is 12.2. The summed E-state index contributed by atoms with van der Waals surface area (Å²) in [7, 11) is 0. The van der Waals surface area contributed by atoms with Crippen molar-refractivity contribution in [3.8, 4) is 6.07 Å². The van der Waals surface area contributed by atoms with E-state index in [1.807, 2.05) is 12.1 Å². The molecule has 1 aliphatic carbocycles. The first kappa shape index (κ1) is 13.7. The molecule has 0 unspecified atom stereocenters. The number of halogens is 2. The highest BCUT2D eigenvalue weighted by atomic mass is 35.5. The molecule has 1 aromatic rings. The number of nitriles is 1. The zero-order valence-corrected chi connectivity index (χ0v) is 11.9. The molecule has 1 fully saturated rings. The van der Waals surface area contributed by atoms with Crippen molar-refractivity contribution < 1.29 is 0 Å². The van der Waals surface area contributed by atoms with Gasteiger partial charge in [-0.25, -0.2) is 0 Å². The second kappa shape index (κ2) is 5.95. The molecule has 0 aliphatic heterocycles. The van der Waals surface area contributed by atoms with Crippen LogP contribution in [0.1, 0.15) is 44.1 Å². The number of hydrogen-bond acceptors (Lipinski definition) is 1. The lowest BCUT2D eigenvalue weighted by atomic mass is 9.77. The maximum Gasteiger partial charge on any atom is 0.0693 e. The largest absolute Gasteiger partial charge is 0.198 e. The lowest BCUT2D eigenvalue weighted by Gasteiger charge is -2.25. The van der Waals surface area contributed by atoms with Crippen LogP contribution in [-0.4, -0.2) is 0 Å². The Labute approximate surface area is 119 Å². The van der Waals surface area contributed by atoms with Gasteiger partial charge in [-0.05, 0) is 43.0 Å². The Balaban J connectivity index is 2.24. The van der Waals surface area contributed by atoms with Crippen LogP contribution in [0.25, 0.3) is 0 Å². The van der Waals surface area contributed by atoms with Crippen LogP contribution in [0.15, 0.2) is 18.2 Å². The molecule has 2 rings (SSSR count). The van der Waals surface area contributed by atoms with E-state index in [1.54, 1.807) is 6.07 Å². The predicted molar refractivity (Wildman–Crippen MR) is 75.9 cm³/mol. The van der Waals surface area contributed by atoms with Gasteiger partial charge >= 0.3 is 0 Å². The van der Waals surface area contributed by atoms with Gasteiger partial charge in [0.2, 0.25) is 0 Å². The van der Waals surface area contributed by atoms with Crippen molar-refractivity contribution in [2.75, 3.05) is 0 Å². The van der Waals surface area contributed by atoms with Crippen molar-refractivity contribution in [3.05, 3.63) is 33.8 Å². The van der Waals surface area contributed by atoms with Crippen LogP contribution in [0.4, 0.5) is 0 Å². The standard InChI is InChI=1S/C15H17Cl2N/c16-13-5-6-14(17)12(9-13)10-15(11-18)7-3-1-2-4-8-15/h5-6,9H,1-4,7-8,10H2. The maximum absolute atomic E-state index is 9.56. The first-order valence-corrected chi connectivity index (χ1v) is 7.26. The summed E-state index contributed by atoms with van der Waals surface area (Å²) in [5.74, 6) is 0. The van der Waals surface area contributed by atoms with Crippen LogP contribution < -0.4 is 0 Å². The molecule has 1 aliphatic rings. The molecule has 0 atom stereocenters. The molecular formula is C15H17Cl2N. The van der Waals surface area contributed by atoms with Crippen LogP contribution in [-0.2, 0) is 6.42 Å². The van der Waals surface area contributed by atoms with Crippen LogP contribution in [0, 0.1) is 16.7 Å². The molecule has 96 valence electrons. The minimum Gasteiger partial charge on any atom is -0.198 e. The van der Waals surface area contributed by atoms with Gasteiger partial charge in [0.25, 0.3) is 0 Å². The van der Waals surface area contributed by atoms with Gasteiger partial charge in [-0.3, -0.25) is 0 Å². The van der Waals surface area contributed by atoms with Crippen LogP contribution >= 0.6 is 23.2 Å². The summed E-state index contributed by atoms with van der Waals surface area (Å²) in [5, 5.41) is 11.0. The normalized spacial score (nSPS) is 18.9. The Bertz CT molecular complexity index is 454. The molecule has 3 heteroatoms. The molecule has 0 radical (unpaired) electrons. The average molecular weight is 282 g/mol. The van der Waals surface area contributed by atoms with Crippen molar-refractivity contribution >= 4 is 23.2 Å². The summed E-state index contributed by atoms with van der Waals surface area (Å²) < 4.78 is 0. The first-order chi connectivity index (χ1) is 8.65. The first-order valence-electron chi connectivity index (χ1n) is 6.50. The van der Waals surface area contributed by atoms with E-state index in [0.29, 0.717) is 5.02 Å². The molecule has 0 aromatic heterocycles. The molecule has 0 amide bonds. The molecular weight excluding hydrogens is 265 g/mol. The Morgan fingerprint density at radius 1 is 1.11 bits per heavy atom. The topological polar surface area (TPSA) is 23.8 Å². The fourth-order valence-electron chi connectivity index (χ4n) is 2.78. The number of nitrogens with zero attached hydrogens (tertiary/aromatic N) is 1. The van der Waals surface area contributed by atoms with E-state index in [2.05, 4.69) is 6.07 Å². The lowest BCUT2D eigenvalue weighted by Crippen LogP contribution is -2.21. The van der Waals surface area contributed by atoms with Gasteiger partial charge in [-0.15, -0.1) is 0 Å². The van der Waals surface area contributed by atoms with E-state index < -0.39 is 0 Å². The molecule has 18 heavy (non-hydrogen) atoms. The Morgan fingerprint density at radius 3 is 2.39 bits per heavy atom. The van der Waals surface area contributed by atoms with Crippen molar-refractivity contribution in [3.63, 3.8) is 0 Å². The third-order valence-electron chi connectivity index (χ3n) is 3.83. The zero-order valence-electron chi connectivity index (χ0n) is 10.4. The van der Waals surface area contributed by atoms with Crippen molar-refractivity contribution in [1.29, 1.82) is 5.26 Å². The highest BCUT2D eigenvalue weighted by Crippen LogP contribution is 2.39. The van der Waals surface area contributed by atoms with E-state index in [9.17, 15) is 5.26 Å². The van der Waals surface area contributed by atoms with Gasteiger partial charge in [-0.1, -0.05) is 48.9 Å². The fourth-order valence-corrected chi connectivity index (χ4v) is 3.16. The number of hydrogen-bond donors (Lipinski definition) is 0. The summed E-state index contributed by atoms with van der Waals surface area (Å²) in [6, 6.07) is 8.06. The zero-order chi connectivity index (χ0) is 13.0. The summed E-state index contributed by atoms with van der Waals surface area (Å²) in [4.78, 5) is 0. The van der Waals surface area contributed by atoms with Crippen LogP contribution in [0.3, 0.4) is 0 Å². The predicted octanol–water partition coefficient (Wildman–Crippen LogP) is 5.40. The molecule has 0 saturated heterocycles. The Kier molecular flexibility index (Phi) is 4.54. The van der Waals surface area contributed by atoms with Crippen LogP contribution in [0.5, 0.6) is 0 Å². The van der Waals surface area contributed by atoms with Crippen molar-refractivity contribution in [2.24, 2.45) is 5.41 Å². The van der Waals surface area contributed by atoms with Crippen molar-refractivity contribution in [2.45, 2.75) is 44.9 Å². The summed E-state index contributed by atoms with van der Waals surface area (Å²) in [6.07, 6.45) is 7.46. The van der Waals surface area contributed by atoms with Gasteiger partial charge < -0.3 is 0 Å². The number of benzene rings is 1. The third-order valence-corrected chi connectivity index (χ3v) is 4.44. The molecule has 1 aromatic carbocycles. The summed E-state index contributed by atoms with van der Waals surface area (Å²) in [6.45, 7) is 0. The second-order valence-electron chi connectivity index (χ2n) is 5.22. The number of rotatable bonds is 2. The van der Waals surface area contributed by atoms with E-state index in [4.69, 9.17) is 23.2 Å². The molecule has 0 N–H and O–H groups in total. The smallest absolute Gasteiger partial charge is 0.0693 e. The molecule has 1 nitrogen and oxygen atoms in total. The highest BCUT2D eigenvalue weighted by Gasteiger charge is 2.31. The molecule has 0 bridgehead atoms. The van der Waals surface area contributed by atoms with Crippen molar-refractivity contribution in [1.82, 2.24) is 0 Å². The second-order valence-corrected chi connectivity index (χ2v) is 6.06. The maximum atomic E-state index is 9.56. The monoisotopic (exact) mass is 281 g/mol. The van der Waals surface area contributed by atoms with Gasteiger partial charge in [0.15, 0.2) is 0 Å². The molecule has 1 saturated carbocycles.